The normalized spacial score (nSPS) is 11.1. The second-order valence-electron chi connectivity index (χ2n) is 3.97. The van der Waals surface area contributed by atoms with Gasteiger partial charge < -0.3 is 0 Å². The van der Waals surface area contributed by atoms with E-state index in [9.17, 15) is 4.79 Å². The molecule has 0 unspecified atom stereocenters. The van der Waals surface area contributed by atoms with Crippen molar-refractivity contribution in [1.29, 1.82) is 0 Å². The highest BCUT2D eigenvalue weighted by molar-refractivity contribution is 7.99. The fourth-order valence-electron chi connectivity index (χ4n) is 1.84. The maximum absolute atomic E-state index is 11.6. The number of fused-ring (bicyclic) bond motifs is 1. The van der Waals surface area contributed by atoms with Crippen LogP contribution >= 0.6 is 23.4 Å². The summed E-state index contributed by atoms with van der Waals surface area (Å²) in [5.41, 5.74) is 0.524. The molecule has 0 aliphatic carbocycles. The number of H-pyrrole nitrogens is 1. The molecule has 0 saturated carbocycles. The lowest BCUT2D eigenvalue weighted by molar-refractivity contribution is 0.660. The first-order chi connectivity index (χ1) is 9.69. The number of aromatic nitrogens is 5. The van der Waals surface area contributed by atoms with Crippen molar-refractivity contribution in [3.8, 4) is 0 Å². The Labute approximate surface area is 123 Å². The second-order valence-corrected chi connectivity index (χ2v) is 5.27. The minimum Gasteiger partial charge on any atom is -0.270 e. The van der Waals surface area contributed by atoms with Crippen LogP contribution in [-0.4, -0.2) is 24.7 Å². The molecule has 1 aromatic carbocycles. The molecule has 0 atom stereocenters. The van der Waals surface area contributed by atoms with Crippen LogP contribution in [0.1, 0.15) is 6.92 Å². The molecule has 0 radical (unpaired) electrons. The summed E-state index contributed by atoms with van der Waals surface area (Å²) in [4.78, 5) is 20.0. The fraction of sp³-hybridized carbons (Fsp3) is 0.167. The van der Waals surface area contributed by atoms with Crippen LogP contribution in [0.2, 0.25) is 5.28 Å². The van der Waals surface area contributed by atoms with Gasteiger partial charge in [-0.25, -0.2) is 19.9 Å². The molecule has 0 aliphatic heterocycles. The van der Waals surface area contributed by atoms with Gasteiger partial charge in [0.15, 0.2) is 5.16 Å². The van der Waals surface area contributed by atoms with Crippen molar-refractivity contribution < 1.29 is 0 Å². The Balaban J connectivity index is 2.12. The maximum atomic E-state index is 11.6. The minimum atomic E-state index is -0.237. The summed E-state index contributed by atoms with van der Waals surface area (Å²) in [6, 6.07) is 7.57. The average Bonchev–Trinajstić information content (AvgIpc) is 2.79. The van der Waals surface area contributed by atoms with Crippen molar-refractivity contribution in [3.63, 3.8) is 0 Å². The van der Waals surface area contributed by atoms with E-state index in [1.54, 1.807) is 0 Å². The Kier molecular flexibility index (Phi) is 3.45. The zero-order valence-corrected chi connectivity index (χ0v) is 12.1. The van der Waals surface area contributed by atoms with E-state index in [4.69, 9.17) is 11.6 Å². The zero-order chi connectivity index (χ0) is 14.1. The number of hydrogen-bond acceptors (Lipinski definition) is 5. The van der Waals surface area contributed by atoms with Gasteiger partial charge in [0.1, 0.15) is 5.03 Å². The molecule has 0 amide bonds. The molecule has 6 nitrogen and oxygen atoms in total. The largest absolute Gasteiger partial charge is 0.343 e. The highest BCUT2D eigenvalue weighted by Gasteiger charge is 2.13. The van der Waals surface area contributed by atoms with Crippen molar-refractivity contribution in [2.45, 2.75) is 23.7 Å². The van der Waals surface area contributed by atoms with Gasteiger partial charge in [-0.2, -0.15) is 0 Å². The van der Waals surface area contributed by atoms with Crippen molar-refractivity contribution in [2.24, 2.45) is 0 Å². The molecule has 1 N–H and O–H groups in total. The van der Waals surface area contributed by atoms with E-state index in [1.165, 1.54) is 16.3 Å². The van der Waals surface area contributed by atoms with Gasteiger partial charge in [-0.3, -0.25) is 4.57 Å². The molecule has 8 heteroatoms. The first-order valence-electron chi connectivity index (χ1n) is 5.94. The van der Waals surface area contributed by atoms with Crippen LogP contribution in [0, 0.1) is 0 Å². The first kappa shape index (κ1) is 13.1. The summed E-state index contributed by atoms with van der Waals surface area (Å²) in [6.45, 7) is 2.42. The third kappa shape index (κ3) is 2.30. The van der Waals surface area contributed by atoms with Crippen LogP contribution in [-0.2, 0) is 6.54 Å². The van der Waals surface area contributed by atoms with Gasteiger partial charge in [-0.15, -0.1) is 5.10 Å². The van der Waals surface area contributed by atoms with E-state index in [1.807, 2.05) is 31.2 Å². The van der Waals surface area contributed by atoms with Crippen molar-refractivity contribution in [1.82, 2.24) is 24.7 Å². The smallest absolute Gasteiger partial charge is 0.270 e. The molecule has 2 heterocycles. The van der Waals surface area contributed by atoms with Gasteiger partial charge in [0, 0.05) is 11.9 Å². The molecule has 0 spiro atoms. The molecule has 102 valence electrons. The van der Waals surface area contributed by atoms with Crippen LogP contribution < -0.4 is 5.69 Å². The third-order valence-corrected chi connectivity index (χ3v) is 3.94. The van der Waals surface area contributed by atoms with Crippen LogP contribution in [0.15, 0.2) is 39.2 Å². The SMILES string of the molecule is CCn1c(Sc2nc(Cl)nc3ccccc23)n[nH]c1=O. The lowest BCUT2D eigenvalue weighted by Crippen LogP contribution is -2.16. The molecular formula is C12H10ClN5OS. The molecule has 2 aromatic heterocycles. The summed E-state index contributed by atoms with van der Waals surface area (Å²) in [5.74, 6) is 0. The quantitative estimate of drug-likeness (QED) is 0.593. The number of nitrogens with zero attached hydrogens (tertiary/aromatic N) is 4. The molecule has 20 heavy (non-hydrogen) atoms. The maximum Gasteiger partial charge on any atom is 0.343 e. The third-order valence-electron chi connectivity index (χ3n) is 2.77. The highest BCUT2D eigenvalue weighted by Crippen LogP contribution is 2.30. The predicted molar refractivity (Wildman–Crippen MR) is 77.2 cm³/mol. The lowest BCUT2D eigenvalue weighted by atomic mass is 10.2. The van der Waals surface area contributed by atoms with Crippen LogP contribution in [0.25, 0.3) is 10.9 Å². The Morgan fingerprint density at radius 3 is 2.95 bits per heavy atom. The molecule has 0 aliphatic rings. The van der Waals surface area contributed by atoms with Gasteiger partial charge in [-0.1, -0.05) is 18.2 Å². The minimum absolute atomic E-state index is 0.173. The predicted octanol–water partition coefficient (Wildman–Crippen LogP) is 2.34. The Morgan fingerprint density at radius 1 is 1.35 bits per heavy atom. The van der Waals surface area contributed by atoms with E-state index in [2.05, 4.69) is 20.2 Å². The first-order valence-corrected chi connectivity index (χ1v) is 7.14. The lowest BCUT2D eigenvalue weighted by Gasteiger charge is -2.05. The summed E-state index contributed by atoms with van der Waals surface area (Å²) < 4.78 is 1.54. The molecule has 0 bridgehead atoms. The van der Waals surface area contributed by atoms with E-state index in [0.29, 0.717) is 16.7 Å². The van der Waals surface area contributed by atoms with E-state index >= 15 is 0 Å². The number of rotatable bonds is 3. The van der Waals surface area contributed by atoms with Gasteiger partial charge in [-0.05, 0) is 36.4 Å². The molecule has 3 rings (SSSR count). The summed E-state index contributed by atoms with van der Waals surface area (Å²) in [5, 5.41) is 8.71. The van der Waals surface area contributed by atoms with Gasteiger partial charge in [0.2, 0.25) is 5.28 Å². The number of benzene rings is 1. The number of aromatic amines is 1. The summed E-state index contributed by atoms with van der Waals surface area (Å²) >= 11 is 7.22. The standard InChI is InChI=1S/C12H10ClN5OS/c1-2-18-11(19)16-17-12(18)20-9-7-5-3-4-6-8(7)14-10(13)15-9/h3-6H,2H2,1H3,(H,16,19). The van der Waals surface area contributed by atoms with E-state index < -0.39 is 0 Å². The van der Waals surface area contributed by atoms with Gasteiger partial charge in [0.25, 0.3) is 0 Å². The van der Waals surface area contributed by atoms with Crippen LogP contribution in [0.4, 0.5) is 0 Å². The van der Waals surface area contributed by atoms with Gasteiger partial charge in [0.05, 0.1) is 5.52 Å². The number of nitrogens with one attached hydrogen (secondary N) is 1. The monoisotopic (exact) mass is 307 g/mol. The number of para-hydroxylation sites is 1. The van der Waals surface area contributed by atoms with Crippen LogP contribution in [0.3, 0.4) is 0 Å². The Hall–Kier alpha value is -1.86. The Morgan fingerprint density at radius 2 is 2.15 bits per heavy atom. The van der Waals surface area contributed by atoms with E-state index in [-0.39, 0.29) is 11.0 Å². The van der Waals surface area contributed by atoms with Crippen molar-refractivity contribution in [3.05, 3.63) is 40.0 Å². The number of halogens is 1. The molecule has 3 aromatic rings. The topological polar surface area (TPSA) is 76.5 Å². The molecule has 0 saturated heterocycles. The summed E-state index contributed by atoms with van der Waals surface area (Å²) in [7, 11) is 0. The zero-order valence-electron chi connectivity index (χ0n) is 10.5. The second kappa shape index (κ2) is 5.26. The Bertz CT molecular complexity index is 828. The van der Waals surface area contributed by atoms with Crippen molar-refractivity contribution >= 4 is 34.3 Å². The van der Waals surface area contributed by atoms with E-state index in [0.717, 1.165) is 10.9 Å². The van der Waals surface area contributed by atoms with Crippen molar-refractivity contribution in [2.75, 3.05) is 0 Å². The molecule has 0 fully saturated rings. The van der Waals surface area contributed by atoms with Gasteiger partial charge >= 0.3 is 5.69 Å². The number of hydrogen-bond donors (Lipinski definition) is 1. The molecular weight excluding hydrogens is 298 g/mol. The average molecular weight is 308 g/mol. The fourth-order valence-corrected chi connectivity index (χ4v) is 3.07. The summed E-state index contributed by atoms with van der Waals surface area (Å²) in [6.07, 6.45) is 0. The highest BCUT2D eigenvalue weighted by atomic mass is 35.5. The van der Waals surface area contributed by atoms with Crippen LogP contribution in [0.5, 0.6) is 0 Å².